The van der Waals surface area contributed by atoms with Crippen LogP contribution in [0.3, 0.4) is 0 Å². The molecule has 1 aromatic rings. The summed E-state index contributed by atoms with van der Waals surface area (Å²) in [4.78, 5) is 0. The second-order valence-electron chi connectivity index (χ2n) is 6.31. The zero-order chi connectivity index (χ0) is 14.5. The van der Waals surface area contributed by atoms with Gasteiger partial charge < -0.3 is 5.32 Å². The van der Waals surface area contributed by atoms with Crippen LogP contribution < -0.4 is 5.32 Å². The van der Waals surface area contributed by atoms with E-state index < -0.39 is 0 Å². The zero-order valence-corrected chi connectivity index (χ0v) is 15.6. The molecule has 0 aliphatic heterocycles. The largest absolute Gasteiger partial charge is 0.310 e. The average Bonchev–Trinajstić information content (AvgIpc) is 2.26. The van der Waals surface area contributed by atoms with Gasteiger partial charge in [-0.15, -0.1) is 0 Å². The van der Waals surface area contributed by atoms with Crippen molar-refractivity contribution >= 4 is 31.9 Å². The van der Waals surface area contributed by atoms with Crippen LogP contribution >= 0.6 is 31.9 Å². The number of benzene rings is 1. The standard InChI is InChI=1S/C16H25Br2N/c1-5-8-19-15(6-7-16(2,3)4)12-9-13(17)11-14(18)10-12/h9-11,15,19H,5-8H2,1-4H3. The van der Waals surface area contributed by atoms with Gasteiger partial charge in [-0.2, -0.15) is 0 Å². The Labute approximate surface area is 134 Å². The lowest BCUT2D eigenvalue weighted by atomic mass is 9.87. The first-order valence-electron chi connectivity index (χ1n) is 7.01. The van der Waals surface area contributed by atoms with Crippen molar-refractivity contribution in [3.05, 3.63) is 32.7 Å². The molecule has 1 unspecified atom stereocenters. The van der Waals surface area contributed by atoms with E-state index in [0.29, 0.717) is 11.5 Å². The molecule has 0 aliphatic carbocycles. The van der Waals surface area contributed by atoms with Gasteiger partial charge in [0.25, 0.3) is 0 Å². The highest BCUT2D eigenvalue weighted by molar-refractivity contribution is 9.11. The van der Waals surface area contributed by atoms with Crippen LogP contribution in [0.1, 0.15) is 58.6 Å². The van der Waals surface area contributed by atoms with Crippen LogP contribution in [0.2, 0.25) is 0 Å². The molecule has 0 saturated heterocycles. The van der Waals surface area contributed by atoms with Crippen molar-refractivity contribution in [2.24, 2.45) is 5.41 Å². The Morgan fingerprint density at radius 2 is 1.68 bits per heavy atom. The highest BCUT2D eigenvalue weighted by Crippen LogP contribution is 2.30. The number of rotatable bonds is 6. The maximum absolute atomic E-state index is 3.67. The predicted octanol–water partition coefficient (Wildman–Crippen LogP) is 6.08. The summed E-state index contributed by atoms with van der Waals surface area (Å²) in [5.74, 6) is 0. The van der Waals surface area contributed by atoms with Gasteiger partial charge in [-0.25, -0.2) is 0 Å². The van der Waals surface area contributed by atoms with Crippen molar-refractivity contribution in [2.45, 2.75) is 53.0 Å². The lowest BCUT2D eigenvalue weighted by Gasteiger charge is -2.25. The second kappa shape index (κ2) is 7.80. The normalized spacial score (nSPS) is 13.6. The molecule has 1 aromatic carbocycles. The fourth-order valence-corrected chi connectivity index (χ4v) is 3.39. The molecule has 0 saturated carbocycles. The molecule has 0 heterocycles. The lowest BCUT2D eigenvalue weighted by molar-refractivity contribution is 0.332. The molecule has 0 fully saturated rings. The third-order valence-corrected chi connectivity index (χ3v) is 4.03. The van der Waals surface area contributed by atoms with Crippen LogP contribution in [0.25, 0.3) is 0 Å². The van der Waals surface area contributed by atoms with Crippen LogP contribution in [0, 0.1) is 5.41 Å². The van der Waals surface area contributed by atoms with Gasteiger partial charge in [0.05, 0.1) is 0 Å². The number of nitrogens with one attached hydrogen (secondary N) is 1. The van der Waals surface area contributed by atoms with Crippen molar-refractivity contribution in [2.75, 3.05) is 6.54 Å². The van der Waals surface area contributed by atoms with Gasteiger partial charge in [0.1, 0.15) is 0 Å². The summed E-state index contributed by atoms with van der Waals surface area (Å²) in [6.45, 7) is 10.2. The molecule has 1 rings (SSSR count). The van der Waals surface area contributed by atoms with Gasteiger partial charge in [0.15, 0.2) is 0 Å². The van der Waals surface area contributed by atoms with Gasteiger partial charge in [-0.1, -0.05) is 59.6 Å². The smallest absolute Gasteiger partial charge is 0.0321 e. The van der Waals surface area contributed by atoms with Crippen LogP contribution in [0.15, 0.2) is 27.1 Å². The fourth-order valence-electron chi connectivity index (χ4n) is 2.06. The quantitative estimate of drug-likeness (QED) is 0.620. The SMILES string of the molecule is CCCNC(CCC(C)(C)C)c1cc(Br)cc(Br)c1. The first-order chi connectivity index (χ1) is 8.81. The Hall–Kier alpha value is 0.140. The van der Waals surface area contributed by atoms with E-state index in [-0.39, 0.29) is 0 Å². The summed E-state index contributed by atoms with van der Waals surface area (Å²) < 4.78 is 2.27. The minimum absolute atomic E-state index is 0.384. The summed E-state index contributed by atoms with van der Waals surface area (Å²) in [6, 6.07) is 6.97. The van der Waals surface area contributed by atoms with E-state index in [2.05, 4.69) is 83.1 Å². The van der Waals surface area contributed by atoms with Crippen molar-refractivity contribution in [3.63, 3.8) is 0 Å². The molecule has 0 aromatic heterocycles. The summed E-state index contributed by atoms with van der Waals surface area (Å²) in [5.41, 5.74) is 1.74. The molecule has 1 atom stereocenters. The van der Waals surface area contributed by atoms with Crippen LogP contribution in [0.4, 0.5) is 0 Å². The average molecular weight is 391 g/mol. The van der Waals surface area contributed by atoms with E-state index in [0.717, 1.165) is 15.5 Å². The van der Waals surface area contributed by atoms with E-state index in [4.69, 9.17) is 0 Å². The second-order valence-corrected chi connectivity index (χ2v) is 8.14. The molecule has 0 radical (unpaired) electrons. The Balaban J connectivity index is 2.82. The van der Waals surface area contributed by atoms with Gasteiger partial charge in [-0.05, 0) is 55.0 Å². The maximum Gasteiger partial charge on any atom is 0.0321 e. The van der Waals surface area contributed by atoms with Crippen molar-refractivity contribution < 1.29 is 0 Å². The summed E-state index contributed by atoms with van der Waals surface area (Å²) >= 11 is 7.16. The van der Waals surface area contributed by atoms with Gasteiger partial charge in [0, 0.05) is 15.0 Å². The molecule has 19 heavy (non-hydrogen) atoms. The number of hydrogen-bond donors (Lipinski definition) is 1. The molecule has 0 aliphatic rings. The Morgan fingerprint density at radius 1 is 1.11 bits per heavy atom. The Kier molecular flexibility index (Phi) is 7.06. The number of hydrogen-bond acceptors (Lipinski definition) is 1. The van der Waals surface area contributed by atoms with E-state index in [1.807, 2.05) is 0 Å². The maximum atomic E-state index is 3.67. The molecular weight excluding hydrogens is 366 g/mol. The van der Waals surface area contributed by atoms with E-state index in [9.17, 15) is 0 Å². The van der Waals surface area contributed by atoms with Gasteiger partial charge in [0.2, 0.25) is 0 Å². The fraction of sp³-hybridized carbons (Fsp3) is 0.625. The molecule has 0 bridgehead atoms. The van der Waals surface area contributed by atoms with Crippen molar-refractivity contribution in [1.29, 1.82) is 0 Å². The van der Waals surface area contributed by atoms with E-state index in [1.54, 1.807) is 0 Å². The molecular formula is C16H25Br2N. The Bertz CT molecular complexity index is 376. The predicted molar refractivity (Wildman–Crippen MR) is 91.6 cm³/mol. The summed E-state index contributed by atoms with van der Waals surface area (Å²) in [7, 11) is 0. The molecule has 0 spiro atoms. The topological polar surface area (TPSA) is 12.0 Å². The van der Waals surface area contributed by atoms with Crippen molar-refractivity contribution in [1.82, 2.24) is 5.32 Å². The summed E-state index contributed by atoms with van der Waals surface area (Å²) in [6.07, 6.45) is 3.56. The van der Waals surface area contributed by atoms with E-state index in [1.165, 1.54) is 24.8 Å². The molecule has 3 heteroatoms. The molecule has 1 N–H and O–H groups in total. The first kappa shape index (κ1) is 17.2. The highest BCUT2D eigenvalue weighted by Gasteiger charge is 2.17. The molecule has 1 nitrogen and oxygen atoms in total. The molecule has 0 amide bonds. The zero-order valence-electron chi connectivity index (χ0n) is 12.4. The van der Waals surface area contributed by atoms with Crippen molar-refractivity contribution in [3.8, 4) is 0 Å². The third kappa shape index (κ3) is 6.92. The van der Waals surface area contributed by atoms with Crippen LogP contribution in [-0.4, -0.2) is 6.54 Å². The minimum atomic E-state index is 0.384. The monoisotopic (exact) mass is 389 g/mol. The lowest BCUT2D eigenvalue weighted by Crippen LogP contribution is -2.23. The minimum Gasteiger partial charge on any atom is -0.310 e. The van der Waals surface area contributed by atoms with Gasteiger partial charge >= 0.3 is 0 Å². The number of halogens is 2. The van der Waals surface area contributed by atoms with Gasteiger partial charge in [-0.3, -0.25) is 0 Å². The van der Waals surface area contributed by atoms with Crippen LogP contribution in [0.5, 0.6) is 0 Å². The Morgan fingerprint density at radius 3 is 2.16 bits per heavy atom. The van der Waals surface area contributed by atoms with E-state index >= 15 is 0 Å². The first-order valence-corrected chi connectivity index (χ1v) is 8.60. The summed E-state index contributed by atoms with van der Waals surface area (Å²) in [5, 5.41) is 3.67. The molecule has 108 valence electrons. The highest BCUT2D eigenvalue weighted by atomic mass is 79.9. The van der Waals surface area contributed by atoms with Crippen LogP contribution in [-0.2, 0) is 0 Å². The third-order valence-electron chi connectivity index (χ3n) is 3.11.